The van der Waals surface area contributed by atoms with Crippen molar-refractivity contribution in [2.75, 3.05) is 121 Å². The number of carbonyl (C=O) groups excluding carboxylic acids is 2. The molecule has 5 aliphatic rings. The van der Waals surface area contributed by atoms with Crippen LogP contribution < -0.4 is 9.44 Å². The predicted octanol–water partition coefficient (Wildman–Crippen LogP) is 13.0. The highest BCUT2D eigenvalue weighted by molar-refractivity contribution is 7.92. The van der Waals surface area contributed by atoms with E-state index in [1.54, 1.807) is 68.2 Å². The number of pyridine rings is 4. The van der Waals surface area contributed by atoms with Crippen molar-refractivity contribution in [1.29, 1.82) is 5.26 Å². The number of morpholine rings is 1. The molecule has 0 unspecified atom stereocenters. The van der Waals surface area contributed by atoms with Gasteiger partial charge in [0.15, 0.2) is 5.65 Å². The highest BCUT2D eigenvalue weighted by Crippen LogP contribution is 2.40. The summed E-state index contributed by atoms with van der Waals surface area (Å²) in [5.74, 6) is 1.69. The van der Waals surface area contributed by atoms with Gasteiger partial charge in [-0.25, -0.2) is 46.4 Å². The van der Waals surface area contributed by atoms with Crippen molar-refractivity contribution in [2.24, 2.45) is 0 Å². The van der Waals surface area contributed by atoms with Gasteiger partial charge in [0, 0.05) is 197 Å². The third kappa shape index (κ3) is 20.9. The Morgan fingerprint density at radius 2 is 0.903 bits per heavy atom. The van der Waals surface area contributed by atoms with Crippen LogP contribution in [0.4, 0.5) is 11.4 Å². The van der Waals surface area contributed by atoms with Crippen molar-refractivity contribution >= 4 is 112 Å². The molecule has 0 atom stereocenters. The lowest BCUT2D eigenvalue weighted by Crippen LogP contribution is -2.49. The topological polar surface area (TPSA) is 314 Å². The predicted molar refractivity (Wildman–Crippen MR) is 479 cm³/mol. The second-order valence-corrected chi connectivity index (χ2v) is 36.3. The fraction of sp³-hybridized carbons (Fsp3) is 0.307. The first-order chi connectivity index (χ1) is 59.9. The molecule has 14 heterocycles. The monoisotopic (exact) mass is 1790 g/mol. The van der Waals surface area contributed by atoms with Gasteiger partial charge in [0.2, 0.25) is 31.9 Å². The number of ether oxygens (including phenoxy) is 2. The summed E-state index contributed by atoms with van der Waals surface area (Å²) in [5, 5.41) is 16.5. The van der Waals surface area contributed by atoms with Crippen LogP contribution in [0.3, 0.4) is 0 Å². The van der Waals surface area contributed by atoms with Gasteiger partial charge in [0.05, 0.1) is 119 Å². The van der Waals surface area contributed by atoms with Gasteiger partial charge < -0.3 is 23.7 Å². The number of carbonyl (C=O) groups is 2. The fourth-order valence-corrected chi connectivity index (χ4v) is 17.3. The molecule has 3 saturated heterocycles. The summed E-state index contributed by atoms with van der Waals surface area (Å²) in [6.07, 6.45) is 17.7. The van der Waals surface area contributed by atoms with Crippen LogP contribution in [0.5, 0.6) is 0 Å². The van der Waals surface area contributed by atoms with Gasteiger partial charge in [-0.05, 0) is 110 Å². The van der Waals surface area contributed by atoms with Gasteiger partial charge in [-0.15, -0.1) is 0 Å². The molecule has 0 spiro atoms. The molecule has 1 saturated carbocycles. The van der Waals surface area contributed by atoms with Crippen LogP contribution in [0.1, 0.15) is 65.5 Å². The smallest absolute Gasteiger partial charge is 0.248 e. The minimum absolute atomic E-state index is 0.00898. The lowest BCUT2D eigenvalue weighted by atomic mass is 10.1. The van der Waals surface area contributed by atoms with Crippen LogP contribution in [-0.4, -0.2) is 232 Å². The van der Waals surface area contributed by atoms with Gasteiger partial charge in [-0.1, -0.05) is 94.9 Å². The Hall–Kier alpha value is -11.3. The van der Waals surface area contributed by atoms with Gasteiger partial charge in [0.1, 0.15) is 41.8 Å². The largest absolute Gasteiger partial charge is 0.379 e. The standard InChI is InChI=1S/C24H20ClN5O.C22H26ClN5O4S.C21H20ClN7.C21H24ClN5O3S/c25-20-6-3-17(4-7-20)24-21(16-29-10-12-31-13-11-29)30-15-19(5-8-22(30)28-24)23-18(14-26)2-1-9-27-23;1-32-15-21(29)27-11-9-26(10-12-27)14-19-22(16-3-5-17(23)6-4-16)24-20-8-7-18(13-28(19)20)25-33(2,30)31;22-16-5-3-15(4-6-16)21-18(11-27-7-8-29-20(12-27)24-13-25-29)28-10-17(14-1-2-14)23-9-19(28)26-21;1-15(28)26-11-9-25(10-12-26)14-19-21(16-3-5-17(22)6-4-16)23-20-8-7-18(13-27(19)20)24-31(2,29)30/h1-9,15H,10-13,16H2;3-8,13,25H,9-12,14-15H2,1-2H3;3-6,9-10,13-14H,1-2,7-8,11-12H2;3-8,13,24H,9-12,14H2,1-2H3. The third-order valence-corrected chi connectivity index (χ3v) is 24.4. The van der Waals surface area contributed by atoms with E-state index in [1.165, 1.54) is 25.6 Å². The molecule has 36 heteroatoms. The van der Waals surface area contributed by atoms with Crippen molar-refractivity contribution in [3.63, 3.8) is 0 Å². The molecular formula is C88H90Cl4N22O8S2. The number of piperazine rings is 2. The van der Waals surface area contributed by atoms with Gasteiger partial charge in [-0.2, -0.15) is 10.4 Å². The van der Waals surface area contributed by atoms with Crippen molar-refractivity contribution in [1.82, 2.24) is 91.7 Å². The Morgan fingerprint density at radius 1 is 0.484 bits per heavy atom. The molecule has 2 amide bonds. The molecule has 0 radical (unpaired) electrons. The molecule has 10 aromatic heterocycles. The summed E-state index contributed by atoms with van der Waals surface area (Å²) in [7, 11) is -5.29. The average molecular weight is 1790 g/mol. The number of nitrogens with zero attached hydrogens (tertiary/aromatic N) is 20. The summed E-state index contributed by atoms with van der Waals surface area (Å²) < 4.78 is 72.6. The van der Waals surface area contributed by atoms with Gasteiger partial charge >= 0.3 is 0 Å². The maximum atomic E-state index is 12.1. The number of hydrogen-bond donors (Lipinski definition) is 2. The number of methoxy groups -OCH3 is 1. The number of imidazole rings is 4. The lowest BCUT2D eigenvalue weighted by Gasteiger charge is -2.34. The summed E-state index contributed by atoms with van der Waals surface area (Å²) >= 11 is 24.4. The molecule has 2 N–H and O–H groups in total. The zero-order valence-electron chi connectivity index (χ0n) is 68.6. The van der Waals surface area contributed by atoms with Gasteiger partial charge in [-0.3, -0.25) is 61.8 Å². The number of anilines is 2. The number of fused-ring (bicyclic) bond motifs is 5. The quantitative estimate of drug-likeness (QED) is 0.0716. The number of benzene rings is 4. The minimum Gasteiger partial charge on any atom is -0.379 e. The molecule has 1 aliphatic carbocycles. The van der Waals surface area contributed by atoms with Gasteiger partial charge in [0.25, 0.3) is 0 Å². The number of nitriles is 1. The first-order valence-corrected chi connectivity index (χ1v) is 45.8. The zero-order valence-corrected chi connectivity index (χ0v) is 73.2. The number of nitrogens with one attached hydrogen (secondary N) is 2. The van der Waals surface area contributed by atoms with Crippen molar-refractivity contribution < 1.29 is 35.9 Å². The first kappa shape index (κ1) is 86.2. The summed E-state index contributed by atoms with van der Waals surface area (Å²) in [5.41, 5.74) is 19.0. The first-order valence-electron chi connectivity index (χ1n) is 40.5. The third-order valence-electron chi connectivity index (χ3n) is 22.2. The zero-order chi connectivity index (χ0) is 86.3. The van der Waals surface area contributed by atoms with Crippen LogP contribution >= 0.6 is 46.4 Å². The van der Waals surface area contributed by atoms with Crippen molar-refractivity contribution in [2.45, 2.75) is 65.0 Å². The van der Waals surface area contributed by atoms with E-state index in [-0.39, 0.29) is 18.4 Å². The molecule has 19 rings (SSSR count). The van der Waals surface area contributed by atoms with E-state index in [1.807, 2.05) is 145 Å². The molecule has 640 valence electrons. The molecule has 4 aromatic carbocycles. The Kier molecular flexibility index (Phi) is 26.5. The molecule has 30 nitrogen and oxygen atoms in total. The average Bonchev–Trinajstić information content (AvgIpc) is 1.64. The summed E-state index contributed by atoms with van der Waals surface area (Å²) in [6.45, 7) is 15.8. The number of hydrogen-bond acceptors (Lipinski definition) is 21. The Bertz CT molecular complexity index is 6500. The number of amides is 2. The van der Waals surface area contributed by atoms with E-state index in [0.29, 0.717) is 102 Å². The van der Waals surface area contributed by atoms with E-state index in [9.17, 15) is 31.7 Å². The van der Waals surface area contributed by atoms with E-state index in [4.69, 9.17) is 75.8 Å². The number of rotatable bonds is 20. The Balaban J connectivity index is 0.000000122. The molecule has 124 heavy (non-hydrogen) atoms. The normalized spacial score (nSPS) is 15.5. The van der Waals surface area contributed by atoms with Crippen molar-refractivity contribution in [3.05, 3.63) is 249 Å². The molecule has 4 fully saturated rings. The SMILES string of the molecule is CC(=O)N1CCN(Cc2c(-c3ccc(Cl)cc3)nc3ccc(NS(C)(=O)=O)cn23)CC1.COCC(=O)N1CCN(Cc2c(-c3ccc(Cl)cc3)nc3ccc(NS(C)(=O)=O)cn23)CC1.Clc1ccc(-c2nc3cnc(C4CC4)cn3c2CN2CCn3ncnc3C2)cc1.N#Cc1cccnc1-c1ccc2nc(-c3ccc(Cl)cc3)c(CN3CCOCC3)n2c1. The Morgan fingerprint density at radius 3 is 1.35 bits per heavy atom. The van der Waals surface area contributed by atoms with Crippen LogP contribution in [-0.2, 0) is 78.4 Å². The molecule has 14 aromatic rings. The minimum atomic E-state index is -3.41. The highest BCUT2D eigenvalue weighted by atomic mass is 35.5. The van der Waals surface area contributed by atoms with Crippen LogP contribution in [0, 0.1) is 11.3 Å². The van der Waals surface area contributed by atoms with E-state index in [0.717, 1.165) is 186 Å². The number of halogens is 4. The summed E-state index contributed by atoms with van der Waals surface area (Å²) in [4.78, 5) is 69.7. The second-order valence-electron chi connectivity index (χ2n) is 31.0. The Labute approximate surface area is 737 Å². The van der Waals surface area contributed by atoms with E-state index < -0.39 is 20.0 Å². The van der Waals surface area contributed by atoms with E-state index in [2.05, 4.69) is 70.2 Å². The molecular weight excluding hydrogens is 1700 g/mol. The second kappa shape index (κ2) is 38.0. The number of sulfonamides is 2. The summed E-state index contributed by atoms with van der Waals surface area (Å²) in [6, 6.07) is 47.4. The number of aromatic nitrogens is 13. The van der Waals surface area contributed by atoms with Crippen LogP contribution in [0.25, 0.3) is 78.9 Å². The van der Waals surface area contributed by atoms with E-state index >= 15 is 0 Å². The van der Waals surface area contributed by atoms with Crippen LogP contribution in [0.15, 0.2) is 189 Å². The fourth-order valence-electron chi connectivity index (χ4n) is 15.7. The lowest BCUT2D eigenvalue weighted by molar-refractivity contribution is -0.137. The highest BCUT2D eigenvalue weighted by Gasteiger charge is 2.31. The van der Waals surface area contributed by atoms with Crippen LogP contribution in [0.2, 0.25) is 20.1 Å². The maximum Gasteiger partial charge on any atom is 0.248 e. The molecule has 4 aliphatic heterocycles. The van der Waals surface area contributed by atoms with Crippen molar-refractivity contribution in [3.8, 4) is 62.4 Å². The maximum absolute atomic E-state index is 12.1. The molecule has 0 bridgehead atoms.